The third-order valence-electron chi connectivity index (χ3n) is 7.39. The van der Waals surface area contributed by atoms with Gasteiger partial charge in [-0.1, -0.05) is 58.3 Å². The molecule has 1 nitrogen and oxygen atoms in total. The fourth-order valence-corrected chi connectivity index (χ4v) is 5.80. The Labute approximate surface area is 165 Å². The van der Waals surface area contributed by atoms with Crippen molar-refractivity contribution in [1.82, 2.24) is 4.90 Å². The van der Waals surface area contributed by atoms with E-state index in [1.165, 1.54) is 64.3 Å². The van der Waals surface area contributed by atoms with Crippen LogP contribution in [0.2, 0.25) is 0 Å². The molecule has 0 bridgehead atoms. The molecule has 3 rings (SSSR count). The number of hydrogen-bond donors (Lipinski definition) is 0. The van der Waals surface area contributed by atoms with Crippen LogP contribution in [-0.4, -0.2) is 24.5 Å². The predicted molar refractivity (Wildman–Crippen MR) is 117 cm³/mol. The molecule has 0 aromatic heterocycles. The largest absolute Gasteiger partial charge is 0.303 e. The number of rotatable bonds is 4. The Morgan fingerprint density at radius 1 is 0.750 bits per heavy atom. The Kier molecular flexibility index (Phi) is 10.8. The van der Waals surface area contributed by atoms with Gasteiger partial charge in [0, 0.05) is 6.04 Å². The lowest BCUT2D eigenvalue weighted by Crippen LogP contribution is -2.40. The molecule has 2 aliphatic carbocycles. The highest BCUT2D eigenvalue weighted by molar-refractivity contribution is 7.59. The molecule has 0 spiro atoms. The van der Waals surface area contributed by atoms with E-state index in [4.69, 9.17) is 0 Å². The van der Waals surface area contributed by atoms with E-state index in [9.17, 15) is 0 Å². The third kappa shape index (κ3) is 6.13. The summed E-state index contributed by atoms with van der Waals surface area (Å²) in [4.78, 5) is 2.70. The summed E-state index contributed by atoms with van der Waals surface area (Å²) in [5.41, 5.74) is 0. The molecule has 3 aliphatic rings. The molecule has 1 saturated heterocycles. The van der Waals surface area contributed by atoms with Gasteiger partial charge in [0.15, 0.2) is 0 Å². The fourth-order valence-electron chi connectivity index (χ4n) is 5.80. The van der Waals surface area contributed by atoms with Crippen molar-refractivity contribution < 1.29 is 0 Å². The van der Waals surface area contributed by atoms with Gasteiger partial charge in [-0.15, -0.1) is 0 Å². The van der Waals surface area contributed by atoms with Crippen LogP contribution in [0.4, 0.5) is 0 Å². The topological polar surface area (TPSA) is 3.24 Å². The fraction of sp³-hybridized carbons (Fsp3) is 1.00. The van der Waals surface area contributed by atoms with Crippen LogP contribution in [0.3, 0.4) is 0 Å². The number of nitrogens with zero attached hydrogens (tertiary/aromatic N) is 1. The lowest BCUT2D eigenvalue weighted by molar-refractivity contribution is 0.0747. The van der Waals surface area contributed by atoms with E-state index < -0.39 is 0 Å². The summed E-state index contributed by atoms with van der Waals surface area (Å²) in [6.07, 6.45) is 19.7. The van der Waals surface area contributed by atoms with Crippen LogP contribution in [0, 0.1) is 23.7 Å². The van der Waals surface area contributed by atoms with E-state index in [0.29, 0.717) is 0 Å². The molecule has 3 heteroatoms. The van der Waals surface area contributed by atoms with Crippen LogP contribution in [0.15, 0.2) is 0 Å². The predicted octanol–water partition coefficient (Wildman–Crippen LogP) is 6.11. The first-order valence-corrected chi connectivity index (χ1v) is 10.4. The zero-order valence-electron chi connectivity index (χ0n) is 16.2. The highest BCUT2D eigenvalue weighted by Gasteiger charge is 2.35. The van der Waals surface area contributed by atoms with Gasteiger partial charge in [0.2, 0.25) is 0 Å². The molecule has 2 unspecified atom stereocenters. The van der Waals surface area contributed by atoms with E-state index in [2.05, 4.69) is 18.9 Å². The summed E-state index contributed by atoms with van der Waals surface area (Å²) in [6, 6.07) is 0.903. The third-order valence-corrected chi connectivity index (χ3v) is 7.39. The van der Waals surface area contributed by atoms with Gasteiger partial charge in [-0.3, -0.25) is 0 Å². The molecule has 3 fully saturated rings. The minimum Gasteiger partial charge on any atom is -0.303 e. The average Bonchev–Trinajstić information content (AvgIpc) is 2.56. The van der Waals surface area contributed by atoms with Crippen molar-refractivity contribution in [2.24, 2.45) is 23.7 Å². The number of piperidine rings is 1. The van der Waals surface area contributed by atoms with Crippen LogP contribution in [-0.2, 0) is 0 Å². The Hall–Kier alpha value is 0.660. The molecule has 144 valence electrons. The zero-order valence-corrected chi connectivity index (χ0v) is 18.2. The van der Waals surface area contributed by atoms with E-state index in [0.717, 1.165) is 29.7 Å². The van der Waals surface area contributed by atoms with Gasteiger partial charge in [-0.2, -0.15) is 27.0 Å². The van der Waals surface area contributed by atoms with Crippen LogP contribution < -0.4 is 0 Å². The van der Waals surface area contributed by atoms with Crippen LogP contribution in [0.5, 0.6) is 0 Å². The first kappa shape index (κ1) is 22.7. The summed E-state index contributed by atoms with van der Waals surface area (Å²) in [5, 5.41) is 0. The smallest absolute Gasteiger partial charge is 0.00950 e. The van der Waals surface area contributed by atoms with Crippen molar-refractivity contribution >= 4 is 27.0 Å². The second-order valence-corrected chi connectivity index (χ2v) is 8.95. The SMILES string of the molecule is CC1CCC(C(CC2CCCCN2C)C2CCCCC2)CC1.S.S. The maximum absolute atomic E-state index is 2.70. The monoisotopic (exact) mass is 373 g/mol. The molecule has 1 aliphatic heterocycles. The van der Waals surface area contributed by atoms with E-state index >= 15 is 0 Å². The van der Waals surface area contributed by atoms with Gasteiger partial charge >= 0.3 is 0 Å². The molecule has 0 N–H and O–H groups in total. The highest BCUT2D eigenvalue weighted by atomic mass is 32.1. The summed E-state index contributed by atoms with van der Waals surface area (Å²) in [6.45, 7) is 3.82. The molecule has 0 aromatic rings. The van der Waals surface area contributed by atoms with Crippen molar-refractivity contribution in [3.8, 4) is 0 Å². The molecular weight excluding hydrogens is 330 g/mol. The van der Waals surface area contributed by atoms with Gasteiger partial charge in [0.25, 0.3) is 0 Å². The van der Waals surface area contributed by atoms with Crippen LogP contribution in [0.1, 0.15) is 90.4 Å². The summed E-state index contributed by atoms with van der Waals surface area (Å²) < 4.78 is 0. The standard InChI is InChI=1S/C21H39N.2H2S/c1-17-11-13-19(14-12-17)21(18-8-4-3-5-9-18)16-20-10-6-7-15-22(20)2;;/h17-21H,3-16H2,1-2H3;2*1H2. The Balaban J connectivity index is 0.00000144. The summed E-state index contributed by atoms with van der Waals surface area (Å²) in [5.74, 6) is 4.19. The second kappa shape index (κ2) is 11.4. The maximum atomic E-state index is 2.70. The Morgan fingerprint density at radius 3 is 1.96 bits per heavy atom. The quantitative estimate of drug-likeness (QED) is 0.574. The normalized spacial score (nSPS) is 34.0. The highest BCUT2D eigenvalue weighted by Crippen LogP contribution is 2.44. The van der Waals surface area contributed by atoms with Crippen molar-refractivity contribution in [3.63, 3.8) is 0 Å². The van der Waals surface area contributed by atoms with Crippen molar-refractivity contribution in [2.75, 3.05) is 13.6 Å². The van der Waals surface area contributed by atoms with Gasteiger partial charge in [-0.05, 0) is 69.4 Å². The van der Waals surface area contributed by atoms with Crippen LogP contribution >= 0.6 is 27.0 Å². The minimum atomic E-state index is 0. The first-order valence-electron chi connectivity index (χ1n) is 10.4. The molecular formula is C21H43NS2. The number of likely N-dealkylation sites (tertiary alicyclic amines) is 1. The van der Waals surface area contributed by atoms with Gasteiger partial charge in [0.1, 0.15) is 0 Å². The first-order chi connectivity index (χ1) is 10.7. The van der Waals surface area contributed by atoms with Gasteiger partial charge < -0.3 is 4.90 Å². The second-order valence-electron chi connectivity index (χ2n) is 8.95. The summed E-state index contributed by atoms with van der Waals surface area (Å²) >= 11 is 0. The van der Waals surface area contributed by atoms with E-state index in [1.54, 1.807) is 25.7 Å². The molecule has 24 heavy (non-hydrogen) atoms. The molecule has 1 heterocycles. The van der Waals surface area contributed by atoms with Crippen molar-refractivity contribution in [2.45, 2.75) is 96.4 Å². The molecule has 2 saturated carbocycles. The molecule has 0 amide bonds. The average molecular weight is 374 g/mol. The lowest BCUT2D eigenvalue weighted by atomic mass is 9.66. The Bertz CT molecular complexity index is 322. The molecule has 0 aromatic carbocycles. The summed E-state index contributed by atoms with van der Waals surface area (Å²) in [7, 11) is 2.39. The van der Waals surface area contributed by atoms with Gasteiger partial charge in [0.05, 0.1) is 0 Å². The number of hydrogen-bond acceptors (Lipinski definition) is 1. The van der Waals surface area contributed by atoms with Gasteiger partial charge in [-0.25, -0.2) is 0 Å². The van der Waals surface area contributed by atoms with E-state index in [-0.39, 0.29) is 27.0 Å². The maximum Gasteiger partial charge on any atom is 0.00950 e. The zero-order chi connectivity index (χ0) is 15.4. The Morgan fingerprint density at radius 2 is 1.33 bits per heavy atom. The van der Waals surface area contributed by atoms with E-state index in [1.807, 2.05) is 0 Å². The van der Waals surface area contributed by atoms with Crippen LogP contribution in [0.25, 0.3) is 0 Å². The minimum absolute atomic E-state index is 0. The molecule has 0 radical (unpaired) electrons. The lowest BCUT2D eigenvalue weighted by Gasteiger charge is -2.43. The molecule has 2 atom stereocenters. The van der Waals surface area contributed by atoms with Crippen molar-refractivity contribution in [1.29, 1.82) is 0 Å². The van der Waals surface area contributed by atoms with Crippen molar-refractivity contribution in [3.05, 3.63) is 0 Å².